The monoisotopic (exact) mass is 416 g/mol. The molecule has 11 heteroatoms. The molecule has 0 aliphatic carbocycles. The number of sulfonamides is 1. The Hall–Kier alpha value is -1.72. The highest BCUT2D eigenvalue weighted by molar-refractivity contribution is 7.99. The highest BCUT2D eigenvalue weighted by Gasteiger charge is 2.30. The summed E-state index contributed by atoms with van der Waals surface area (Å²) in [5, 5.41) is 0. The molecule has 0 atom stereocenters. The summed E-state index contributed by atoms with van der Waals surface area (Å²) in [6, 6.07) is 1.40. The molecule has 9 nitrogen and oxygen atoms in total. The van der Waals surface area contributed by atoms with E-state index in [1.807, 2.05) is 0 Å². The van der Waals surface area contributed by atoms with E-state index in [1.54, 1.807) is 28.5 Å². The first kappa shape index (κ1) is 20.0. The number of aromatic nitrogens is 1. The molecule has 2 fully saturated rings. The third kappa shape index (κ3) is 4.41. The molecule has 2 aliphatic rings. The number of hydrogen-bond donors (Lipinski definition) is 1. The van der Waals surface area contributed by atoms with E-state index in [9.17, 15) is 18.0 Å². The van der Waals surface area contributed by atoms with Gasteiger partial charge < -0.3 is 19.5 Å². The SMILES string of the molecule is CCOC(=O)N1CCN(C(=O)c2cc(S(=O)(=O)N3CCSCC3)c[nH]2)CC1. The number of H-pyrrole nitrogens is 1. The van der Waals surface area contributed by atoms with Gasteiger partial charge in [0.1, 0.15) is 10.6 Å². The highest BCUT2D eigenvalue weighted by atomic mass is 32.2. The zero-order valence-corrected chi connectivity index (χ0v) is 16.9. The number of aromatic amines is 1. The van der Waals surface area contributed by atoms with Crippen molar-refractivity contribution in [2.75, 3.05) is 57.4 Å². The third-order valence-corrected chi connectivity index (χ3v) is 7.41. The first-order chi connectivity index (χ1) is 12.9. The molecule has 0 saturated carbocycles. The van der Waals surface area contributed by atoms with Crippen LogP contribution in [0.4, 0.5) is 4.79 Å². The Balaban J connectivity index is 1.63. The Labute approximate surface area is 163 Å². The fourth-order valence-corrected chi connectivity index (χ4v) is 5.63. The molecule has 0 spiro atoms. The fourth-order valence-electron chi connectivity index (χ4n) is 3.06. The van der Waals surface area contributed by atoms with Crippen LogP contribution < -0.4 is 0 Å². The van der Waals surface area contributed by atoms with E-state index < -0.39 is 10.0 Å². The molecule has 1 N–H and O–H groups in total. The lowest BCUT2D eigenvalue weighted by atomic mass is 10.3. The Morgan fingerprint density at radius 1 is 1.11 bits per heavy atom. The molecule has 2 aliphatic heterocycles. The second kappa shape index (κ2) is 8.53. The minimum absolute atomic E-state index is 0.114. The van der Waals surface area contributed by atoms with Gasteiger partial charge in [-0.2, -0.15) is 16.1 Å². The van der Waals surface area contributed by atoms with Crippen LogP contribution in [0, 0.1) is 0 Å². The summed E-state index contributed by atoms with van der Waals surface area (Å²) < 4.78 is 31.8. The number of amides is 2. The van der Waals surface area contributed by atoms with Gasteiger partial charge in [-0.25, -0.2) is 13.2 Å². The van der Waals surface area contributed by atoms with Gasteiger partial charge in [-0.15, -0.1) is 0 Å². The van der Waals surface area contributed by atoms with Gasteiger partial charge in [0.05, 0.1) is 6.61 Å². The van der Waals surface area contributed by atoms with E-state index >= 15 is 0 Å². The molecule has 3 rings (SSSR count). The molecule has 3 heterocycles. The maximum atomic E-state index is 12.7. The summed E-state index contributed by atoms with van der Waals surface area (Å²) in [6.07, 6.45) is 0.997. The number of piperazine rings is 1. The second-order valence-corrected chi connectivity index (χ2v) is 9.41. The van der Waals surface area contributed by atoms with Gasteiger partial charge in [-0.1, -0.05) is 0 Å². The molecule has 27 heavy (non-hydrogen) atoms. The predicted molar refractivity (Wildman–Crippen MR) is 101 cm³/mol. The van der Waals surface area contributed by atoms with Crippen LogP contribution in [0.2, 0.25) is 0 Å². The Kier molecular flexibility index (Phi) is 6.33. The maximum absolute atomic E-state index is 12.7. The van der Waals surface area contributed by atoms with Crippen LogP contribution in [-0.2, 0) is 14.8 Å². The molecule has 150 valence electrons. The van der Waals surface area contributed by atoms with Crippen molar-refractivity contribution in [3.8, 4) is 0 Å². The number of thioether (sulfide) groups is 1. The van der Waals surface area contributed by atoms with Crippen molar-refractivity contribution < 1.29 is 22.7 Å². The average Bonchev–Trinajstić information content (AvgIpc) is 3.19. The van der Waals surface area contributed by atoms with Crippen molar-refractivity contribution >= 4 is 33.8 Å². The number of nitrogens with zero attached hydrogens (tertiary/aromatic N) is 3. The minimum Gasteiger partial charge on any atom is -0.450 e. The molecule has 1 aromatic heterocycles. The number of carbonyl (C=O) groups excluding carboxylic acids is 2. The summed E-state index contributed by atoms with van der Waals surface area (Å²) in [6.45, 7) is 4.56. The van der Waals surface area contributed by atoms with Crippen molar-refractivity contribution in [2.24, 2.45) is 0 Å². The molecule has 0 unspecified atom stereocenters. The zero-order valence-electron chi connectivity index (χ0n) is 15.2. The first-order valence-corrected chi connectivity index (χ1v) is 11.5. The van der Waals surface area contributed by atoms with Crippen molar-refractivity contribution in [1.82, 2.24) is 19.1 Å². The number of nitrogens with one attached hydrogen (secondary N) is 1. The highest BCUT2D eigenvalue weighted by Crippen LogP contribution is 2.21. The number of ether oxygens (including phenoxy) is 1. The molecule has 2 amide bonds. The summed E-state index contributed by atoms with van der Waals surface area (Å²) in [7, 11) is -3.58. The van der Waals surface area contributed by atoms with Crippen LogP contribution in [0.5, 0.6) is 0 Å². The van der Waals surface area contributed by atoms with Crippen molar-refractivity contribution in [3.05, 3.63) is 18.0 Å². The Morgan fingerprint density at radius 3 is 2.37 bits per heavy atom. The standard InChI is InChI=1S/C16H24N4O5S2/c1-2-25-16(22)19-5-3-18(4-6-19)15(21)14-11-13(12-17-14)27(23,24)20-7-9-26-10-8-20/h11-12,17H,2-10H2,1H3. The molecule has 0 bridgehead atoms. The van der Waals surface area contributed by atoms with Gasteiger partial charge in [0.15, 0.2) is 0 Å². The Bertz CT molecular complexity index is 780. The number of carbonyl (C=O) groups is 2. The van der Waals surface area contributed by atoms with Crippen LogP contribution >= 0.6 is 11.8 Å². The van der Waals surface area contributed by atoms with Gasteiger partial charge in [0.25, 0.3) is 5.91 Å². The van der Waals surface area contributed by atoms with Crippen molar-refractivity contribution in [3.63, 3.8) is 0 Å². The smallest absolute Gasteiger partial charge is 0.409 e. The molecular formula is C16H24N4O5S2. The van der Waals surface area contributed by atoms with Gasteiger partial charge in [0.2, 0.25) is 10.0 Å². The van der Waals surface area contributed by atoms with Crippen LogP contribution in [0.15, 0.2) is 17.2 Å². The van der Waals surface area contributed by atoms with Crippen LogP contribution in [0.25, 0.3) is 0 Å². The van der Waals surface area contributed by atoms with Crippen LogP contribution in [-0.4, -0.2) is 96.9 Å². The molecule has 0 aromatic carbocycles. The van der Waals surface area contributed by atoms with Crippen LogP contribution in [0.3, 0.4) is 0 Å². The number of rotatable bonds is 4. The lowest BCUT2D eigenvalue weighted by Crippen LogP contribution is -2.50. The van der Waals surface area contributed by atoms with Gasteiger partial charge in [-0.05, 0) is 13.0 Å². The van der Waals surface area contributed by atoms with E-state index in [-0.39, 0.29) is 22.6 Å². The Morgan fingerprint density at radius 2 is 1.74 bits per heavy atom. The summed E-state index contributed by atoms with van der Waals surface area (Å²) in [5.74, 6) is 1.29. The van der Waals surface area contributed by atoms with Gasteiger partial charge in [0, 0.05) is 57.0 Å². The van der Waals surface area contributed by atoms with Crippen molar-refractivity contribution in [2.45, 2.75) is 11.8 Å². The first-order valence-electron chi connectivity index (χ1n) is 8.90. The predicted octanol–water partition coefficient (Wildman–Crippen LogP) is 0.667. The largest absolute Gasteiger partial charge is 0.450 e. The molecule has 1 aromatic rings. The quantitative estimate of drug-likeness (QED) is 0.774. The molecule has 2 saturated heterocycles. The molecule has 0 radical (unpaired) electrons. The minimum atomic E-state index is -3.58. The summed E-state index contributed by atoms with van der Waals surface area (Å²) >= 11 is 1.73. The summed E-state index contributed by atoms with van der Waals surface area (Å²) in [4.78, 5) is 30.5. The third-order valence-electron chi connectivity index (χ3n) is 4.59. The van der Waals surface area contributed by atoms with E-state index in [0.29, 0.717) is 45.9 Å². The van der Waals surface area contributed by atoms with E-state index in [4.69, 9.17) is 4.74 Å². The zero-order chi connectivity index (χ0) is 19.4. The van der Waals surface area contributed by atoms with Crippen LogP contribution in [0.1, 0.15) is 17.4 Å². The second-order valence-electron chi connectivity index (χ2n) is 6.24. The summed E-state index contributed by atoms with van der Waals surface area (Å²) in [5.41, 5.74) is 0.240. The van der Waals surface area contributed by atoms with Gasteiger partial charge >= 0.3 is 6.09 Å². The maximum Gasteiger partial charge on any atom is 0.409 e. The average molecular weight is 417 g/mol. The fraction of sp³-hybridized carbons (Fsp3) is 0.625. The van der Waals surface area contributed by atoms with E-state index in [2.05, 4.69) is 4.98 Å². The normalized spacial score (nSPS) is 19.1. The lowest BCUT2D eigenvalue weighted by molar-refractivity contribution is 0.0566. The lowest BCUT2D eigenvalue weighted by Gasteiger charge is -2.33. The van der Waals surface area contributed by atoms with Crippen molar-refractivity contribution in [1.29, 1.82) is 0 Å². The van der Waals surface area contributed by atoms with Gasteiger partial charge in [-0.3, -0.25) is 4.79 Å². The van der Waals surface area contributed by atoms with E-state index in [0.717, 1.165) is 11.5 Å². The van der Waals surface area contributed by atoms with E-state index in [1.165, 1.54) is 16.6 Å². The number of hydrogen-bond acceptors (Lipinski definition) is 6. The topological polar surface area (TPSA) is 103 Å². The molecular weight excluding hydrogens is 392 g/mol.